The van der Waals surface area contributed by atoms with Gasteiger partial charge in [0.15, 0.2) is 6.61 Å². The quantitative estimate of drug-likeness (QED) is 0.856. The van der Waals surface area contributed by atoms with Crippen molar-refractivity contribution < 1.29 is 14.1 Å². The van der Waals surface area contributed by atoms with Gasteiger partial charge in [0, 0.05) is 12.0 Å². The van der Waals surface area contributed by atoms with Crippen molar-refractivity contribution in [3.63, 3.8) is 0 Å². The molecule has 0 bridgehead atoms. The lowest BCUT2D eigenvalue weighted by molar-refractivity contribution is -0.119. The van der Waals surface area contributed by atoms with Crippen molar-refractivity contribution >= 4 is 5.91 Å². The molecule has 6 nitrogen and oxygen atoms in total. The summed E-state index contributed by atoms with van der Waals surface area (Å²) in [4.78, 5) is 14.8. The number of hydrogen-bond donors (Lipinski definition) is 1. The van der Waals surface area contributed by atoms with Gasteiger partial charge in [-0.2, -0.15) is 4.98 Å². The van der Waals surface area contributed by atoms with E-state index in [0.29, 0.717) is 23.9 Å². The van der Waals surface area contributed by atoms with Gasteiger partial charge in [0.1, 0.15) is 5.75 Å². The van der Waals surface area contributed by atoms with Crippen molar-refractivity contribution in [3.8, 4) is 17.1 Å². The number of carbonyl (C=O) groups excluding carboxylic acids is 1. The topological polar surface area (TPSA) is 91.2 Å². The minimum absolute atomic E-state index is 0.137. The standard InChI is InChI=1S/C12H13N3O3/c1-2-11-14-12(15-18-11)8-3-5-9(6-4-8)17-7-10(13)16/h3-6H,2,7H2,1H3,(H2,13,16). The fourth-order valence-electron chi connectivity index (χ4n) is 1.37. The van der Waals surface area contributed by atoms with Crippen LogP contribution in [-0.4, -0.2) is 22.7 Å². The number of amides is 1. The van der Waals surface area contributed by atoms with Gasteiger partial charge in [-0.25, -0.2) is 0 Å². The van der Waals surface area contributed by atoms with Crippen molar-refractivity contribution in [1.82, 2.24) is 10.1 Å². The van der Waals surface area contributed by atoms with Gasteiger partial charge in [-0.1, -0.05) is 12.1 Å². The molecule has 0 saturated heterocycles. The Kier molecular flexibility index (Phi) is 3.57. The Bertz CT molecular complexity index is 534. The lowest BCUT2D eigenvalue weighted by atomic mass is 10.2. The largest absolute Gasteiger partial charge is 0.484 e. The van der Waals surface area contributed by atoms with Gasteiger partial charge in [0.2, 0.25) is 11.7 Å². The Morgan fingerprint density at radius 1 is 1.39 bits per heavy atom. The molecule has 0 aliphatic carbocycles. The first-order chi connectivity index (χ1) is 8.69. The number of nitrogens with two attached hydrogens (primary N) is 1. The monoisotopic (exact) mass is 247 g/mol. The highest BCUT2D eigenvalue weighted by Crippen LogP contribution is 2.19. The highest BCUT2D eigenvalue weighted by atomic mass is 16.5. The Hall–Kier alpha value is -2.37. The molecule has 1 aromatic heterocycles. The normalized spacial score (nSPS) is 10.3. The smallest absolute Gasteiger partial charge is 0.255 e. The third kappa shape index (κ3) is 2.85. The molecule has 6 heteroatoms. The lowest BCUT2D eigenvalue weighted by Gasteiger charge is -2.03. The summed E-state index contributed by atoms with van der Waals surface area (Å²) in [6, 6.07) is 7.03. The summed E-state index contributed by atoms with van der Waals surface area (Å²) in [5.41, 5.74) is 5.81. The van der Waals surface area contributed by atoms with Crippen LogP contribution in [-0.2, 0) is 11.2 Å². The summed E-state index contributed by atoms with van der Waals surface area (Å²) >= 11 is 0. The minimum atomic E-state index is -0.509. The molecule has 2 rings (SSSR count). The first-order valence-corrected chi connectivity index (χ1v) is 5.53. The Morgan fingerprint density at radius 3 is 2.67 bits per heavy atom. The number of aromatic nitrogens is 2. The zero-order valence-electron chi connectivity index (χ0n) is 9.92. The SMILES string of the molecule is CCc1nc(-c2ccc(OCC(N)=O)cc2)no1. The van der Waals surface area contributed by atoms with E-state index in [0.717, 1.165) is 5.56 Å². The Morgan fingerprint density at radius 2 is 2.11 bits per heavy atom. The van der Waals surface area contributed by atoms with E-state index in [1.807, 2.05) is 6.92 Å². The molecule has 0 atom stereocenters. The summed E-state index contributed by atoms with van der Waals surface area (Å²) in [7, 11) is 0. The molecule has 2 N–H and O–H groups in total. The molecule has 0 spiro atoms. The van der Waals surface area contributed by atoms with Gasteiger partial charge in [0.05, 0.1) is 0 Å². The number of carbonyl (C=O) groups is 1. The molecule has 2 aromatic rings. The molecule has 0 aliphatic heterocycles. The van der Waals surface area contributed by atoms with E-state index in [4.69, 9.17) is 15.0 Å². The minimum Gasteiger partial charge on any atom is -0.484 e. The molecule has 18 heavy (non-hydrogen) atoms. The van der Waals surface area contributed by atoms with Crippen LogP contribution >= 0.6 is 0 Å². The van der Waals surface area contributed by atoms with Crippen LogP contribution in [0.3, 0.4) is 0 Å². The third-order valence-corrected chi connectivity index (χ3v) is 2.26. The summed E-state index contributed by atoms with van der Waals surface area (Å²) in [6.07, 6.45) is 0.701. The van der Waals surface area contributed by atoms with E-state index in [2.05, 4.69) is 10.1 Å². The Balaban J connectivity index is 2.09. The maximum Gasteiger partial charge on any atom is 0.255 e. The second kappa shape index (κ2) is 5.31. The van der Waals surface area contributed by atoms with E-state index in [1.165, 1.54) is 0 Å². The summed E-state index contributed by atoms with van der Waals surface area (Å²) < 4.78 is 10.2. The fraction of sp³-hybridized carbons (Fsp3) is 0.250. The number of rotatable bonds is 5. The summed E-state index contributed by atoms with van der Waals surface area (Å²) in [5.74, 6) is 1.19. The van der Waals surface area contributed by atoms with Gasteiger partial charge >= 0.3 is 0 Å². The maximum absolute atomic E-state index is 10.6. The zero-order valence-corrected chi connectivity index (χ0v) is 9.92. The number of ether oxygens (including phenoxy) is 1. The van der Waals surface area contributed by atoms with Crippen molar-refractivity contribution in [2.45, 2.75) is 13.3 Å². The van der Waals surface area contributed by atoms with Crippen LogP contribution in [0.2, 0.25) is 0 Å². The highest BCUT2D eigenvalue weighted by Gasteiger charge is 2.07. The van der Waals surface area contributed by atoms with Crippen molar-refractivity contribution in [3.05, 3.63) is 30.2 Å². The van der Waals surface area contributed by atoms with E-state index >= 15 is 0 Å². The maximum atomic E-state index is 10.6. The molecule has 0 aliphatic rings. The fourth-order valence-corrected chi connectivity index (χ4v) is 1.37. The van der Waals surface area contributed by atoms with Crippen LogP contribution in [0.1, 0.15) is 12.8 Å². The molecule has 0 saturated carbocycles. The predicted molar refractivity (Wildman–Crippen MR) is 63.8 cm³/mol. The number of nitrogens with zero attached hydrogens (tertiary/aromatic N) is 2. The number of aryl methyl sites for hydroxylation is 1. The van der Waals surface area contributed by atoms with Crippen LogP contribution in [0, 0.1) is 0 Å². The lowest BCUT2D eigenvalue weighted by Crippen LogP contribution is -2.19. The van der Waals surface area contributed by atoms with Crippen LogP contribution in [0.4, 0.5) is 0 Å². The predicted octanol–water partition coefficient (Wildman–Crippen LogP) is 1.16. The average Bonchev–Trinajstić information content (AvgIpc) is 2.85. The first-order valence-electron chi connectivity index (χ1n) is 5.53. The van der Waals surface area contributed by atoms with Crippen LogP contribution in [0.15, 0.2) is 28.8 Å². The average molecular weight is 247 g/mol. The van der Waals surface area contributed by atoms with Crippen LogP contribution < -0.4 is 10.5 Å². The van der Waals surface area contributed by atoms with Crippen LogP contribution in [0.5, 0.6) is 5.75 Å². The molecule has 0 unspecified atom stereocenters. The van der Waals surface area contributed by atoms with Gasteiger partial charge in [0.25, 0.3) is 5.91 Å². The van der Waals surface area contributed by atoms with Gasteiger partial charge in [-0.15, -0.1) is 0 Å². The second-order valence-electron chi connectivity index (χ2n) is 3.64. The third-order valence-electron chi connectivity index (χ3n) is 2.26. The first kappa shape index (κ1) is 12.1. The Labute approximate surface area is 104 Å². The number of hydrogen-bond acceptors (Lipinski definition) is 5. The molecule has 94 valence electrons. The molecule has 1 aromatic carbocycles. The van der Waals surface area contributed by atoms with Crippen LogP contribution in [0.25, 0.3) is 11.4 Å². The number of benzene rings is 1. The van der Waals surface area contributed by atoms with Gasteiger partial charge in [-0.05, 0) is 24.3 Å². The van der Waals surface area contributed by atoms with E-state index in [1.54, 1.807) is 24.3 Å². The highest BCUT2D eigenvalue weighted by molar-refractivity contribution is 5.75. The van der Waals surface area contributed by atoms with Crippen molar-refractivity contribution in [2.75, 3.05) is 6.61 Å². The number of primary amides is 1. The molecule has 0 radical (unpaired) electrons. The molecule has 1 amide bonds. The molecular formula is C12H13N3O3. The second-order valence-corrected chi connectivity index (χ2v) is 3.64. The van der Waals surface area contributed by atoms with E-state index in [-0.39, 0.29) is 6.61 Å². The van der Waals surface area contributed by atoms with E-state index in [9.17, 15) is 4.79 Å². The zero-order chi connectivity index (χ0) is 13.0. The summed E-state index contributed by atoms with van der Waals surface area (Å²) in [5, 5.41) is 3.86. The molecule has 1 heterocycles. The van der Waals surface area contributed by atoms with E-state index < -0.39 is 5.91 Å². The van der Waals surface area contributed by atoms with Crippen molar-refractivity contribution in [1.29, 1.82) is 0 Å². The molecular weight excluding hydrogens is 234 g/mol. The van der Waals surface area contributed by atoms with Gasteiger partial charge in [-0.3, -0.25) is 4.79 Å². The van der Waals surface area contributed by atoms with Gasteiger partial charge < -0.3 is 15.0 Å². The molecule has 0 fully saturated rings. The summed E-state index contributed by atoms with van der Waals surface area (Å²) in [6.45, 7) is 1.81. The van der Waals surface area contributed by atoms with Crippen molar-refractivity contribution in [2.24, 2.45) is 5.73 Å².